The van der Waals surface area contributed by atoms with Crippen LogP contribution < -0.4 is 10.6 Å². The van der Waals surface area contributed by atoms with E-state index >= 15 is 0 Å². The fraction of sp³-hybridized carbons (Fsp3) is 0.381. The van der Waals surface area contributed by atoms with Crippen molar-refractivity contribution in [3.8, 4) is 6.07 Å². The summed E-state index contributed by atoms with van der Waals surface area (Å²) in [6.45, 7) is 9.71. The summed E-state index contributed by atoms with van der Waals surface area (Å²) < 4.78 is 0. The normalized spacial score (nSPS) is 17.3. The Bertz CT molecular complexity index is 869. The van der Waals surface area contributed by atoms with Gasteiger partial charge in [0.15, 0.2) is 0 Å². The minimum Gasteiger partial charge on any atom is -0.322 e. The van der Waals surface area contributed by atoms with E-state index in [1.807, 2.05) is 26.0 Å². The molecule has 1 aromatic carbocycles. The highest BCUT2D eigenvalue weighted by atomic mass is 16.1. The number of carbonyl (C=O) groups is 1. The average molecular weight is 363 g/mol. The SMILES string of the molecule is Cc1ccc(C(=O)Nc2cc(C#N)cc(CN3CCNC(C)C3)c2C)cn1. The van der Waals surface area contributed by atoms with E-state index in [1.165, 1.54) is 0 Å². The Labute approximate surface area is 160 Å². The van der Waals surface area contributed by atoms with Crippen LogP contribution in [0.15, 0.2) is 30.5 Å². The number of rotatable bonds is 4. The van der Waals surface area contributed by atoms with Gasteiger partial charge in [-0.1, -0.05) is 0 Å². The van der Waals surface area contributed by atoms with Gasteiger partial charge in [0.25, 0.3) is 5.91 Å². The fourth-order valence-electron chi connectivity index (χ4n) is 3.33. The molecule has 2 N–H and O–H groups in total. The number of anilines is 1. The highest BCUT2D eigenvalue weighted by Crippen LogP contribution is 2.24. The van der Waals surface area contributed by atoms with Crippen molar-refractivity contribution in [2.24, 2.45) is 0 Å². The van der Waals surface area contributed by atoms with Gasteiger partial charge >= 0.3 is 0 Å². The lowest BCUT2D eigenvalue weighted by Gasteiger charge is -2.32. The first kappa shape index (κ1) is 19.0. The summed E-state index contributed by atoms with van der Waals surface area (Å²) in [6, 6.07) is 9.88. The minimum absolute atomic E-state index is 0.220. The highest BCUT2D eigenvalue weighted by molar-refractivity contribution is 6.04. The van der Waals surface area contributed by atoms with Gasteiger partial charge in [-0.25, -0.2) is 0 Å². The molecule has 0 aliphatic carbocycles. The van der Waals surface area contributed by atoms with Crippen LogP contribution in [0.3, 0.4) is 0 Å². The predicted octanol–water partition coefficient (Wildman–Crippen LogP) is 2.62. The lowest BCUT2D eigenvalue weighted by Crippen LogP contribution is -2.48. The van der Waals surface area contributed by atoms with Crippen molar-refractivity contribution >= 4 is 11.6 Å². The first-order valence-corrected chi connectivity index (χ1v) is 9.19. The van der Waals surface area contributed by atoms with Crippen LogP contribution in [-0.4, -0.2) is 41.5 Å². The van der Waals surface area contributed by atoms with Crippen LogP contribution in [0.5, 0.6) is 0 Å². The first-order chi connectivity index (χ1) is 13.0. The van der Waals surface area contributed by atoms with E-state index in [4.69, 9.17) is 0 Å². The van der Waals surface area contributed by atoms with Crippen LogP contribution in [0.2, 0.25) is 0 Å². The standard InChI is InChI=1S/C21H25N5O/c1-14-4-5-18(11-24-14)21(27)25-20-9-17(10-22)8-19(16(20)3)13-26-7-6-23-15(2)12-26/h4-5,8-9,11,15,23H,6-7,12-13H2,1-3H3,(H,25,27). The molecule has 1 aliphatic rings. The number of nitrogens with one attached hydrogen (secondary N) is 2. The summed E-state index contributed by atoms with van der Waals surface area (Å²) in [7, 11) is 0. The summed E-state index contributed by atoms with van der Waals surface area (Å²) in [5.41, 5.74) is 4.66. The third kappa shape index (κ3) is 4.70. The summed E-state index contributed by atoms with van der Waals surface area (Å²) in [4.78, 5) is 19.1. The summed E-state index contributed by atoms with van der Waals surface area (Å²) >= 11 is 0. The number of benzene rings is 1. The van der Waals surface area contributed by atoms with Crippen LogP contribution in [0, 0.1) is 25.2 Å². The summed E-state index contributed by atoms with van der Waals surface area (Å²) in [5.74, 6) is -0.220. The van der Waals surface area contributed by atoms with Gasteiger partial charge in [-0.2, -0.15) is 5.26 Å². The number of nitriles is 1. The molecule has 1 atom stereocenters. The number of nitrogens with zero attached hydrogens (tertiary/aromatic N) is 3. The lowest BCUT2D eigenvalue weighted by atomic mass is 10.0. The van der Waals surface area contributed by atoms with Gasteiger partial charge in [0.1, 0.15) is 0 Å². The monoisotopic (exact) mass is 363 g/mol. The van der Waals surface area contributed by atoms with E-state index in [0.717, 1.165) is 43.0 Å². The Kier molecular flexibility index (Phi) is 5.84. The molecule has 1 aliphatic heterocycles. The second-order valence-corrected chi connectivity index (χ2v) is 7.15. The third-order valence-electron chi connectivity index (χ3n) is 4.91. The van der Waals surface area contributed by atoms with Gasteiger partial charge in [0.2, 0.25) is 0 Å². The molecule has 0 bridgehead atoms. The predicted molar refractivity (Wildman–Crippen MR) is 106 cm³/mol. The van der Waals surface area contributed by atoms with E-state index < -0.39 is 0 Å². The molecule has 0 radical (unpaired) electrons. The smallest absolute Gasteiger partial charge is 0.257 e. The number of hydrogen-bond donors (Lipinski definition) is 2. The van der Waals surface area contributed by atoms with Crippen molar-refractivity contribution in [3.63, 3.8) is 0 Å². The van der Waals surface area contributed by atoms with Crippen molar-refractivity contribution in [3.05, 3.63) is 58.4 Å². The second kappa shape index (κ2) is 8.30. The number of amides is 1. The maximum Gasteiger partial charge on any atom is 0.257 e. The first-order valence-electron chi connectivity index (χ1n) is 9.19. The Morgan fingerprint density at radius 3 is 2.89 bits per heavy atom. The largest absolute Gasteiger partial charge is 0.322 e. The van der Waals surface area contributed by atoms with Gasteiger partial charge in [0, 0.05) is 49.8 Å². The third-order valence-corrected chi connectivity index (χ3v) is 4.91. The zero-order chi connectivity index (χ0) is 19.4. The maximum absolute atomic E-state index is 12.6. The highest BCUT2D eigenvalue weighted by Gasteiger charge is 2.18. The van der Waals surface area contributed by atoms with E-state index in [-0.39, 0.29) is 5.91 Å². The van der Waals surface area contributed by atoms with E-state index in [9.17, 15) is 10.1 Å². The van der Waals surface area contributed by atoms with Crippen LogP contribution in [0.4, 0.5) is 5.69 Å². The minimum atomic E-state index is -0.220. The quantitative estimate of drug-likeness (QED) is 0.873. The van der Waals surface area contributed by atoms with Gasteiger partial charge in [-0.05, 0) is 56.2 Å². The number of carbonyl (C=O) groups excluding carboxylic acids is 1. The molecule has 27 heavy (non-hydrogen) atoms. The molecular weight excluding hydrogens is 338 g/mol. The topological polar surface area (TPSA) is 81.0 Å². The van der Waals surface area contributed by atoms with Gasteiger partial charge < -0.3 is 10.6 Å². The van der Waals surface area contributed by atoms with E-state index in [1.54, 1.807) is 18.3 Å². The van der Waals surface area contributed by atoms with Crippen LogP contribution in [0.1, 0.15) is 39.7 Å². The molecule has 1 amide bonds. The van der Waals surface area contributed by atoms with Gasteiger partial charge in [-0.15, -0.1) is 0 Å². The molecule has 2 heterocycles. The van der Waals surface area contributed by atoms with Crippen molar-refractivity contribution in [2.75, 3.05) is 25.0 Å². The van der Waals surface area contributed by atoms with Gasteiger partial charge in [0.05, 0.1) is 17.2 Å². The molecule has 6 nitrogen and oxygen atoms in total. The molecule has 0 spiro atoms. The maximum atomic E-state index is 12.6. The molecule has 2 aromatic rings. The Hall–Kier alpha value is -2.75. The Balaban J connectivity index is 1.83. The van der Waals surface area contributed by atoms with E-state index in [2.05, 4.69) is 33.5 Å². The van der Waals surface area contributed by atoms with Crippen LogP contribution in [0.25, 0.3) is 0 Å². The Morgan fingerprint density at radius 1 is 1.41 bits per heavy atom. The number of hydrogen-bond acceptors (Lipinski definition) is 5. The van der Waals surface area contributed by atoms with E-state index in [0.29, 0.717) is 22.9 Å². The Morgan fingerprint density at radius 2 is 2.22 bits per heavy atom. The number of aromatic nitrogens is 1. The molecule has 6 heteroatoms. The van der Waals surface area contributed by atoms with Gasteiger partial charge in [-0.3, -0.25) is 14.7 Å². The van der Waals surface area contributed by atoms with Crippen molar-refractivity contribution < 1.29 is 4.79 Å². The van der Waals surface area contributed by atoms with Crippen LogP contribution >= 0.6 is 0 Å². The fourth-order valence-corrected chi connectivity index (χ4v) is 3.33. The molecular formula is C21H25N5O. The zero-order valence-electron chi connectivity index (χ0n) is 16.0. The van der Waals surface area contributed by atoms with Crippen molar-refractivity contribution in [1.82, 2.24) is 15.2 Å². The lowest BCUT2D eigenvalue weighted by molar-refractivity contribution is 0.102. The number of piperazine rings is 1. The molecule has 1 fully saturated rings. The molecule has 1 aromatic heterocycles. The zero-order valence-corrected chi connectivity index (χ0v) is 16.0. The molecule has 0 saturated carbocycles. The molecule has 1 unspecified atom stereocenters. The second-order valence-electron chi connectivity index (χ2n) is 7.15. The average Bonchev–Trinajstić information content (AvgIpc) is 2.65. The van der Waals surface area contributed by atoms with Crippen molar-refractivity contribution in [1.29, 1.82) is 5.26 Å². The molecule has 140 valence electrons. The molecule has 1 saturated heterocycles. The summed E-state index contributed by atoms with van der Waals surface area (Å²) in [5, 5.41) is 15.8. The van der Waals surface area contributed by atoms with Crippen LogP contribution in [-0.2, 0) is 6.54 Å². The number of aryl methyl sites for hydroxylation is 1. The molecule has 3 rings (SSSR count). The number of pyridine rings is 1. The van der Waals surface area contributed by atoms with Crippen molar-refractivity contribution in [2.45, 2.75) is 33.4 Å². The summed E-state index contributed by atoms with van der Waals surface area (Å²) in [6.07, 6.45) is 1.57.